The summed E-state index contributed by atoms with van der Waals surface area (Å²) in [4.78, 5) is 15.7. The molecule has 0 spiro atoms. The van der Waals surface area contributed by atoms with Crippen LogP contribution < -0.4 is 5.56 Å². The molecule has 0 aliphatic carbocycles. The van der Waals surface area contributed by atoms with Gasteiger partial charge >= 0.3 is 0 Å². The molecule has 0 unspecified atom stereocenters. The van der Waals surface area contributed by atoms with Crippen LogP contribution in [0.5, 0.6) is 0 Å². The second kappa shape index (κ2) is 3.69. The molecule has 0 saturated heterocycles. The van der Waals surface area contributed by atoms with E-state index in [1.807, 2.05) is 25.1 Å². The molecule has 76 valence electrons. The lowest BCUT2D eigenvalue weighted by Gasteiger charge is -2.02. The van der Waals surface area contributed by atoms with Crippen LogP contribution in [0.4, 0.5) is 0 Å². The van der Waals surface area contributed by atoms with E-state index in [9.17, 15) is 4.79 Å². The van der Waals surface area contributed by atoms with Gasteiger partial charge in [0.05, 0.1) is 5.69 Å². The second-order valence-corrected chi connectivity index (χ2v) is 3.59. The fourth-order valence-electron chi connectivity index (χ4n) is 1.35. The molecule has 15 heavy (non-hydrogen) atoms. The van der Waals surface area contributed by atoms with E-state index >= 15 is 0 Å². The zero-order valence-corrected chi connectivity index (χ0v) is 8.77. The summed E-state index contributed by atoms with van der Waals surface area (Å²) >= 11 is 0. The number of nitrogens with zero attached hydrogens (tertiary/aromatic N) is 2. The van der Waals surface area contributed by atoms with Crippen molar-refractivity contribution < 1.29 is 0 Å². The second-order valence-electron chi connectivity index (χ2n) is 3.59. The van der Waals surface area contributed by atoms with E-state index in [1.165, 1.54) is 4.57 Å². The Balaban J connectivity index is 2.50. The molecular formula is C12H12N2O. The largest absolute Gasteiger partial charge is 0.319 e. The summed E-state index contributed by atoms with van der Waals surface area (Å²) in [6, 6.07) is 7.39. The third kappa shape index (κ3) is 1.96. The van der Waals surface area contributed by atoms with E-state index in [1.54, 1.807) is 25.5 Å². The standard InChI is InChI=1S/C12H12N2O/c1-9-3-4-11(13-8-9)10-5-6-14(2)12(15)7-10/h3-8H,1-2H3. The summed E-state index contributed by atoms with van der Waals surface area (Å²) < 4.78 is 1.54. The summed E-state index contributed by atoms with van der Waals surface area (Å²) in [5.74, 6) is 0. The molecule has 2 heterocycles. The van der Waals surface area contributed by atoms with E-state index in [-0.39, 0.29) is 5.56 Å². The highest BCUT2D eigenvalue weighted by molar-refractivity contribution is 5.57. The minimum absolute atomic E-state index is 0.0186. The molecule has 2 rings (SSSR count). The van der Waals surface area contributed by atoms with Gasteiger partial charge in [-0.15, -0.1) is 0 Å². The van der Waals surface area contributed by atoms with Crippen LogP contribution in [-0.2, 0) is 7.05 Å². The minimum Gasteiger partial charge on any atom is -0.319 e. The first-order valence-electron chi connectivity index (χ1n) is 4.76. The maximum Gasteiger partial charge on any atom is 0.250 e. The average Bonchev–Trinajstić information content (AvgIpc) is 2.23. The zero-order chi connectivity index (χ0) is 10.8. The number of aryl methyl sites for hydroxylation is 2. The van der Waals surface area contributed by atoms with Crippen molar-refractivity contribution in [3.8, 4) is 11.3 Å². The van der Waals surface area contributed by atoms with Gasteiger partial charge in [-0.25, -0.2) is 0 Å². The fourth-order valence-corrected chi connectivity index (χ4v) is 1.35. The summed E-state index contributed by atoms with van der Waals surface area (Å²) in [6.07, 6.45) is 3.55. The first-order chi connectivity index (χ1) is 7.16. The zero-order valence-electron chi connectivity index (χ0n) is 8.77. The Morgan fingerprint density at radius 1 is 1.27 bits per heavy atom. The van der Waals surface area contributed by atoms with E-state index in [4.69, 9.17) is 0 Å². The topological polar surface area (TPSA) is 34.9 Å². The van der Waals surface area contributed by atoms with Gasteiger partial charge in [0, 0.05) is 31.1 Å². The third-order valence-electron chi connectivity index (χ3n) is 2.31. The Morgan fingerprint density at radius 2 is 2.07 bits per heavy atom. The molecule has 0 saturated carbocycles. The monoisotopic (exact) mass is 200 g/mol. The molecule has 0 aliphatic rings. The number of pyridine rings is 2. The number of hydrogen-bond donors (Lipinski definition) is 0. The number of rotatable bonds is 1. The Bertz CT molecular complexity index is 526. The van der Waals surface area contributed by atoms with Crippen LogP contribution in [0.3, 0.4) is 0 Å². The molecule has 2 aromatic heterocycles. The van der Waals surface area contributed by atoms with E-state index in [0.29, 0.717) is 0 Å². The van der Waals surface area contributed by atoms with Gasteiger partial charge in [-0.3, -0.25) is 9.78 Å². The first-order valence-corrected chi connectivity index (χ1v) is 4.76. The van der Waals surface area contributed by atoms with Crippen LogP contribution >= 0.6 is 0 Å². The van der Waals surface area contributed by atoms with Crippen molar-refractivity contribution in [1.29, 1.82) is 0 Å². The van der Waals surface area contributed by atoms with E-state index < -0.39 is 0 Å². The van der Waals surface area contributed by atoms with Crippen LogP contribution in [0.25, 0.3) is 11.3 Å². The predicted octanol–water partition coefficient (Wildman–Crippen LogP) is 1.76. The lowest BCUT2D eigenvalue weighted by molar-refractivity contribution is 0.861. The van der Waals surface area contributed by atoms with Crippen molar-refractivity contribution in [3.63, 3.8) is 0 Å². The molecular weight excluding hydrogens is 188 g/mol. The van der Waals surface area contributed by atoms with Crippen molar-refractivity contribution in [1.82, 2.24) is 9.55 Å². The van der Waals surface area contributed by atoms with Gasteiger partial charge in [0.15, 0.2) is 0 Å². The number of hydrogen-bond acceptors (Lipinski definition) is 2. The smallest absolute Gasteiger partial charge is 0.250 e. The first kappa shape index (κ1) is 9.65. The summed E-state index contributed by atoms with van der Waals surface area (Å²) in [5, 5.41) is 0. The summed E-state index contributed by atoms with van der Waals surface area (Å²) in [7, 11) is 1.73. The Labute approximate surface area is 88.0 Å². The highest BCUT2D eigenvalue weighted by Crippen LogP contribution is 2.13. The molecule has 0 fully saturated rings. The summed E-state index contributed by atoms with van der Waals surface area (Å²) in [6.45, 7) is 1.99. The minimum atomic E-state index is -0.0186. The fraction of sp³-hybridized carbons (Fsp3) is 0.167. The van der Waals surface area contributed by atoms with Crippen molar-refractivity contribution in [3.05, 3.63) is 52.6 Å². The molecule has 0 radical (unpaired) electrons. The third-order valence-corrected chi connectivity index (χ3v) is 2.31. The van der Waals surface area contributed by atoms with Crippen molar-refractivity contribution in [2.45, 2.75) is 6.92 Å². The van der Waals surface area contributed by atoms with Gasteiger partial charge in [0.25, 0.3) is 5.56 Å². The SMILES string of the molecule is Cc1ccc(-c2ccn(C)c(=O)c2)nc1. The molecule has 0 atom stereocenters. The Kier molecular flexibility index (Phi) is 2.37. The molecule has 0 N–H and O–H groups in total. The van der Waals surface area contributed by atoms with Crippen LogP contribution in [0.15, 0.2) is 41.5 Å². The van der Waals surface area contributed by atoms with Gasteiger partial charge < -0.3 is 4.57 Å². The number of aromatic nitrogens is 2. The molecule has 3 nitrogen and oxygen atoms in total. The molecule has 0 aromatic carbocycles. The van der Waals surface area contributed by atoms with Crippen LogP contribution in [0, 0.1) is 6.92 Å². The van der Waals surface area contributed by atoms with Crippen LogP contribution in [0.1, 0.15) is 5.56 Å². The van der Waals surface area contributed by atoms with Crippen molar-refractivity contribution in [2.24, 2.45) is 7.05 Å². The van der Waals surface area contributed by atoms with E-state index in [2.05, 4.69) is 4.98 Å². The van der Waals surface area contributed by atoms with Crippen molar-refractivity contribution >= 4 is 0 Å². The highest BCUT2D eigenvalue weighted by Gasteiger charge is 1.99. The molecule has 3 heteroatoms. The average molecular weight is 200 g/mol. The maximum atomic E-state index is 11.4. The van der Waals surface area contributed by atoms with Gasteiger partial charge in [-0.05, 0) is 24.6 Å². The van der Waals surface area contributed by atoms with E-state index in [0.717, 1.165) is 16.8 Å². The van der Waals surface area contributed by atoms with Gasteiger partial charge in [0.1, 0.15) is 0 Å². The van der Waals surface area contributed by atoms with Crippen LogP contribution in [-0.4, -0.2) is 9.55 Å². The van der Waals surface area contributed by atoms with Gasteiger partial charge in [0.2, 0.25) is 0 Å². The summed E-state index contributed by atoms with van der Waals surface area (Å²) in [5.41, 5.74) is 2.79. The van der Waals surface area contributed by atoms with Gasteiger partial charge in [-0.1, -0.05) is 6.07 Å². The Morgan fingerprint density at radius 3 is 2.67 bits per heavy atom. The normalized spacial score (nSPS) is 10.3. The Hall–Kier alpha value is -1.90. The van der Waals surface area contributed by atoms with Crippen molar-refractivity contribution in [2.75, 3.05) is 0 Å². The quantitative estimate of drug-likeness (QED) is 0.703. The maximum absolute atomic E-state index is 11.4. The lowest BCUT2D eigenvalue weighted by Crippen LogP contribution is -2.14. The highest BCUT2D eigenvalue weighted by atomic mass is 16.1. The molecule has 2 aromatic rings. The predicted molar refractivity (Wildman–Crippen MR) is 59.7 cm³/mol. The van der Waals surface area contributed by atoms with Gasteiger partial charge in [-0.2, -0.15) is 0 Å². The lowest BCUT2D eigenvalue weighted by atomic mass is 10.1. The molecule has 0 bridgehead atoms. The molecule has 0 amide bonds. The van der Waals surface area contributed by atoms with Crippen LogP contribution in [0.2, 0.25) is 0 Å². The molecule has 0 aliphatic heterocycles.